The first-order chi connectivity index (χ1) is 9.05. The lowest BCUT2D eigenvalue weighted by Gasteiger charge is -2.20. The van der Waals surface area contributed by atoms with Crippen LogP contribution in [0.15, 0.2) is 6.07 Å². The molecule has 0 aliphatic heterocycles. The largest absolute Gasteiger partial charge is 0.369 e. The van der Waals surface area contributed by atoms with Crippen LogP contribution in [0.5, 0.6) is 0 Å². The molecule has 19 heavy (non-hydrogen) atoms. The predicted molar refractivity (Wildman–Crippen MR) is 80.5 cm³/mol. The van der Waals surface area contributed by atoms with Gasteiger partial charge in [-0.2, -0.15) is 4.98 Å². The Morgan fingerprint density at radius 2 is 2.00 bits per heavy atom. The van der Waals surface area contributed by atoms with Crippen molar-refractivity contribution in [3.05, 3.63) is 11.8 Å². The molecule has 0 spiro atoms. The first kappa shape index (κ1) is 14.1. The van der Waals surface area contributed by atoms with Crippen LogP contribution in [-0.4, -0.2) is 23.1 Å². The van der Waals surface area contributed by atoms with E-state index < -0.39 is 0 Å². The summed E-state index contributed by atoms with van der Waals surface area (Å²) in [6.45, 7) is 10.7. The third-order valence-electron chi connectivity index (χ3n) is 4.13. The Morgan fingerprint density at radius 3 is 2.58 bits per heavy atom. The summed E-state index contributed by atoms with van der Waals surface area (Å²) in [7, 11) is 0. The van der Waals surface area contributed by atoms with E-state index in [1.54, 1.807) is 0 Å². The third kappa shape index (κ3) is 3.58. The summed E-state index contributed by atoms with van der Waals surface area (Å²) in [4.78, 5) is 8.93. The van der Waals surface area contributed by atoms with Crippen molar-refractivity contribution in [2.75, 3.05) is 23.7 Å². The van der Waals surface area contributed by atoms with Gasteiger partial charge in [-0.15, -0.1) is 0 Å². The minimum Gasteiger partial charge on any atom is -0.369 e. The lowest BCUT2D eigenvalue weighted by Crippen LogP contribution is -2.21. The highest BCUT2D eigenvalue weighted by Crippen LogP contribution is 2.51. The zero-order valence-corrected chi connectivity index (χ0v) is 12.6. The Bertz CT molecular complexity index is 424. The number of rotatable bonds is 7. The molecule has 0 radical (unpaired) electrons. The maximum Gasteiger partial charge on any atom is 0.224 e. The SMILES string of the molecule is CCCNc1nc(C)cc(NCC2(C(C)C)CC2)n1. The maximum absolute atomic E-state index is 4.53. The summed E-state index contributed by atoms with van der Waals surface area (Å²) in [5, 5.41) is 6.74. The topological polar surface area (TPSA) is 49.8 Å². The molecule has 2 rings (SSSR count). The van der Waals surface area contributed by atoms with E-state index in [0.717, 1.165) is 42.9 Å². The Morgan fingerprint density at radius 1 is 1.26 bits per heavy atom. The highest BCUT2D eigenvalue weighted by molar-refractivity contribution is 5.42. The lowest BCUT2D eigenvalue weighted by atomic mass is 9.92. The van der Waals surface area contributed by atoms with Gasteiger partial charge in [-0.05, 0) is 37.5 Å². The molecule has 4 heteroatoms. The van der Waals surface area contributed by atoms with Crippen molar-refractivity contribution in [2.24, 2.45) is 11.3 Å². The van der Waals surface area contributed by atoms with Crippen molar-refractivity contribution in [3.63, 3.8) is 0 Å². The van der Waals surface area contributed by atoms with Gasteiger partial charge in [0.05, 0.1) is 0 Å². The second-order valence-corrected chi connectivity index (χ2v) is 6.02. The first-order valence-corrected chi connectivity index (χ1v) is 7.39. The van der Waals surface area contributed by atoms with Gasteiger partial charge in [-0.25, -0.2) is 4.98 Å². The predicted octanol–water partition coefficient (Wildman–Crippen LogP) is 3.46. The molecule has 0 atom stereocenters. The van der Waals surface area contributed by atoms with Gasteiger partial charge in [0.1, 0.15) is 5.82 Å². The van der Waals surface area contributed by atoms with Crippen LogP contribution in [0.25, 0.3) is 0 Å². The highest BCUT2D eigenvalue weighted by Gasteiger charge is 2.44. The summed E-state index contributed by atoms with van der Waals surface area (Å²) in [5.74, 6) is 2.41. The fourth-order valence-electron chi connectivity index (χ4n) is 2.36. The van der Waals surface area contributed by atoms with Gasteiger partial charge in [0.15, 0.2) is 0 Å². The van der Waals surface area contributed by atoms with E-state index in [1.165, 1.54) is 12.8 Å². The van der Waals surface area contributed by atoms with Crippen molar-refractivity contribution < 1.29 is 0 Å². The first-order valence-electron chi connectivity index (χ1n) is 7.39. The monoisotopic (exact) mass is 262 g/mol. The van der Waals surface area contributed by atoms with Gasteiger partial charge in [0.2, 0.25) is 5.95 Å². The number of hydrogen-bond acceptors (Lipinski definition) is 4. The van der Waals surface area contributed by atoms with Gasteiger partial charge in [-0.3, -0.25) is 0 Å². The molecule has 1 aliphatic rings. The number of anilines is 2. The summed E-state index contributed by atoms with van der Waals surface area (Å²) in [6.07, 6.45) is 3.75. The van der Waals surface area contributed by atoms with E-state index in [1.807, 2.05) is 13.0 Å². The minimum atomic E-state index is 0.496. The van der Waals surface area contributed by atoms with Crippen LogP contribution in [0.1, 0.15) is 45.7 Å². The molecule has 1 fully saturated rings. The van der Waals surface area contributed by atoms with Crippen molar-refractivity contribution in [1.29, 1.82) is 0 Å². The van der Waals surface area contributed by atoms with Crippen LogP contribution < -0.4 is 10.6 Å². The Kier molecular flexibility index (Phi) is 4.27. The molecule has 1 heterocycles. The highest BCUT2D eigenvalue weighted by atomic mass is 15.1. The van der Waals surface area contributed by atoms with E-state index in [-0.39, 0.29) is 0 Å². The third-order valence-corrected chi connectivity index (χ3v) is 4.13. The number of aryl methyl sites for hydroxylation is 1. The second-order valence-electron chi connectivity index (χ2n) is 6.02. The molecule has 1 saturated carbocycles. The summed E-state index contributed by atoms with van der Waals surface area (Å²) < 4.78 is 0. The lowest BCUT2D eigenvalue weighted by molar-refractivity contribution is 0.380. The molecule has 0 bridgehead atoms. The van der Waals surface area contributed by atoms with E-state index >= 15 is 0 Å². The van der Waals surface area contributed by atoms with Crippen LogP contribution >= 0.6 is 0 Å². The van der Waals surface area contributed by atoms with Gasteiger partial charge < -0.3 is 10.6 Å². The smallest absolute Gasteiger partial charge is 0.224 e. The fraction of sp³-hybridized carbons (Fsp3) is 0.733. The maximum atomic E-state index is 4.53. The second kappa shape index (κ2) is 5.76. The molecule has 1 aromatic rings. The van der Waals surface area contributed by atoms with E-state index in [9.17, 15) is 0 Å². The molecule has 0 aromatic carbocycles. The molecule has 1 aliphatic carbocycles. The number of nitrogens with one attached hydrogen (secondary N) is 2. The zero-order chi connectivity index (χ0) is 13.9. The molecule has 0 amide bonds. The zero-order valence-electron chi connectivity index (χ0n) is 12.6. The molecule has 1 aromatic heterocycles. The average Bonchev–Trinajstić information content (AvgIpc) is 3.14. The van der Waals surface area contributed by atoms with Crippen LogP contribution in [0.2, 0.25) is 0 Å². The summed E-state index contributed by atoms with van der Waals surface area (Å²) >= 11 is 0. The average molecular weight is 262 g/mol. The standard InChI is InChI=1S/C15H26N4/c1-5-8-16-14-18-12(4)9-13(19-14)17-10-15(6-7-15)11(2)3/h9,11H,5-8,10H2,1-4H3,(H2,16,17,18,19). The van der Waals surface area contributed by atoms with Crippen LogP contribution in [0, 0.1) is 18.3 Å². The van der Waals surface area contributed by atoms with E-state index in [4.69, 9.17) is 0 Å². The molecule has 106 valence electrons. The minimum absolute atomic E-state index is 0.496. The summed E-state index contributed by atoms with van der Waals surface area (Å²) in [5.41, 5.74) is 1.50. The van der Waals surface area contributed by atoms with Gasteiger partial charge >= 0.3 is 0 Å². The molecular weight excluding hydrogens is 236 g/mol. The fourth-order valence-corrected chi connectivity index (χ4v) is 2.36. The van der Waals surface area contributed by atoms with Crippen LogP contribution in [0.3, 0.4) is 0 Å². The molecule has 4 nitrogen and oxygen atoms in total. The normalized spacial score (nSPS) is 16.5. The van der Waals surface area contributed by atoms with Crippen molar-refractivity contribution in [2.45, 2.75) is 47.0 Å². The van der Waals surface area contributed by atoms with Crippen molar-refractivity contribution in [1.82, 2.24) is 9.97 Å². The molecule has 0 unspecified atom stereocenters. The number of nitrogens with zero attached hydrogens (tertiary/aromatic N) is 2. The number of aromatic nitrogens is 2. The van der Waals surface area contributed by atoms with E-state index in [0.29, 0.717) is 5.41 Å². The van der Waals surface area contributed by atoms with Gasteiger partial charge in [-0.1, -0.05) is 20.8 Å². The van der Waals surface area contributed by atoms with Gasteiger partial charge in [0.25, 0.3) is 0 Å². The Labute approximate surface area is 116 Å². The van der Waals surface area contributed by atoms with Crippen LogP contribution in [-0.2, 0) is 0 Å². The quantitative estimate of drug-likeness (QED) is 0.790. The van der Waals surface area contributed by atoms with Gasteiger partial charge in [0, 0.05) is 24.8 Å². The Hall–Kier alpha value is -1.32. The number of hydrogen-bond donors (Lipinski definition) is 2. The molecular formula is C15H26N4. The van der Waals surface area contributed by atoms with Crippen molar-refractivity contribution in [3.8, 4) is 0 Å². The molecule has 2 N–H and O–H groups in total. The van der Waals surface area contributed by atoms with E-state index in [2.05, 4.69) is 41.4 Å². The molecule has 0 saturated heterocycles. The van der Waals surface area contributed by atoms with Crippen molar-refractivity contribution >= 4 is 11.8 Å². The van der Waals surface area contributed by atoms with Crippen LogP contribution in [0.4, 0.5) is 11.8 Å². The Balaban J connectivity index is 1.98. The summed E-state index contributed by atoms with van der Waals surface area (Å²) in [6, 6.07) is 2.02.